The Morgan fingerprint density at radius 3 is 2.79 bits per heavy atom. The monoisotopic (exact) mass is 382 g/mol. The SMILES string of the molecule is CCc1n[nH]c(CC)c1CCN1CCC[C@H]1c1ccc(C=CC(=O)NO)cc1. The lowest BCUT2D eigenvalue weighted by Crippen LogP contribution is -2.26. The van der Waals surface area contributed by atoms with Crippen LogP contribution >= 0.6 is 0 Å². The molecule has 1 aliphatic rings. The quantitative estimate of drug-likeness (QED) is 0.371. The predicted octanol–water partition coefficient (Wildman–Crippen LogP) is 3.43. The summed E-state index contributed by atoms with van der Waals surface area (Å²) in [5.41, 5.74) is 7.74. The second kappa shape index (κ2) is 9.66. The van der Waals surface area contributed by atoms with Gasteiger partial charge in [0.25, 0.3) is 5.91 Å². The summed E-state index contributed by atoms with van der Waals surface area (Å²) < 4.78 is 0. The van der Waals surface area contributed by atoms with E-state index < -0.39 is 5.91 Å². The van der Waals surface area contributed by atoms with Gasteiger partial charge in [-0.25, -0.2) is 5.48 Å². The zero-order chi connectivity index (χ0) is 19.9. The van der Waals surface area contributed by atoms with Crippen molar-refractivity contribution < 1.29 is 10.0 Å². The first-order chi connectivity index (χ1) is 13.7. The van der Waals surface area contributed by atoms with Crippen LogP contribution in [0.5, 0.6) is 0 Å². The number of carbonyl (C=O) groups excluding carboxylic acids is 1. The Kier molecular flexibility index (Phi) is 7.01. The summed E-state index contributed by atoms with van der Waals surface area (Å²) in [5.74, 6) is -0.525. The van der Waals surface area contributed by atoms with Crippen LogP contribution < -0.4 is 5.48 Å². The fourth-order valence-corrected chi connectivity index (χ4v) is 4.09. The summed E-state index contributed by atoms with van der Waals surface area (Å²) in [6, 6.07) is 8.78. The van der Waals surface area contributed by atoms with Crippen LogP contribution in [0.2, 0.25) is 0 Å². The third-order valence-corrected chi connectivity index (χ3v) is 5.60. The predicted molar refractivity (Wildman–Crippen MR) is 110 cm³/mol. The molecule has 1 amide bonds. The van der Waals surface area contributed by atoms with E-state index in [2.05, 4.69) is 41.1 Å². The molecule has 0 bridgehead atoms. The van der Waals surface area contributed by atoms with Crippen LogP contribution in [-0.4, -0.2) is 39.3 Å². The molecular weight excluding hydrogens is 352 g/mol. The van der Waals surface area contributed by atoms with Crippen molar-refractivity contribution in [2.24, 2.45) is 0 Å². The summed E-state index contributed by atoms with van der Waals surface area (Å²) in [6.45, 7) is 6.51. The second-order valence-corrected chi connectivity index (χ2v) is 7.25. The minimum atomic E-state index is -0.525. The number of hydrogen-bond acceptors (Lipinski definition) is 4. The van der Waals surface area contributed by atoms with Gasteiger partial charge < -0.3 is 0 Å². The van der Waals surface area contributed by atoms with E-state index in [9.17, 15) is 4.79 Å². The number of benzene rings is 1. The smallest absolute Gasteiger partial charge is 0.267 e. The van der Waals surface area contributed by atoms with Gasteiger partial charge in [-0.05, 0) is 61.4 Å². The Balaban J connectivity index is 1.65. The zero-order valence-electron chi connectivity index (χ0n) is 16.7. The molecule has 3 rings (SSSR count). The summed E-state index contributed by atoms with van der Waals surface area (Å²) in [5, 5.41) is 16.2. The average molecular weight is 383 g/mol. The highest BCUT2D eigenvalue weighted by Gasteiger charge is 2.26. The average Bonchev–Trinajstić information content (AvgIpc) is 3.36. The maximum Gasteiger partial charge on any atom is 0.267 e. The molecule has 1 aromatic heterocycles. The van der Waals surface area contributed by atoms with Crippen LogP contribution in [0, 0.1) is 0 Å². The molecule has 0 saturated carbocycles. The molecule has 0 radical (unpaired) electrons. The number of aromatic nitrogens is 2. The fraction of sp³-hybridized carbons (Fsp3) is 0.455. The number of hydrogen-bond donors (Lipinski definition) is 3. The highest BCUT2D eigenvalue weighted by Crippen LogP contribution is 2.32. The number of rotatable bonds is 8. The van der Waals surface area contributed by atoms with E-state index in [-0.39, 0.29) is 0 Å². The van der Waals surface area contributed by atoms with E-state index in [0.29, 0.717) is 6.04 Å². The molecule has 1 atom stereocenters. The summed E-state index contributed by atoms with van der Waals surface area (Å²) in [7, 11) is 0. The van der Waals surface area contributed by atoms with Crippen molar-refractivity contribution in [3.63, 3.8) is 0 Å². The Hall–Kier alpha value is -2.44. The molecule has 1 saturated heterocycles. The number of aromatic amines is 1. The van der Waals surface area contributed by atoms with Crippen molar-refractivity contribution in [1.29, 1.82) is 0 Å². The number of hydroxylamine groups is 1. The van der Waals surface area contributed by atoms with Gasteiger partial charge in [-0.1, -0.05) is 38.1 Å². The number of nitrogens with one attached hydrogen (secondary N) is 2. The Bertz CT molecular complexity index is 789. The maximum absolute atomic E-state index is 11.1. The minimum Gasteiger partial charge on any atom is -0.296 e. The lowest BCUT2D eigenvalue weighted by atomic mass is 10.0. The number of amides is 1. The molecule has 6 nitrogen and oxygen atoms in total. The lowest BCUT2D eigenvalue weighted by molar-refractivity contribution is -0.124. The van der Waals surface area contributed by atoms with Crippen molar-refractivity contribution in [2.75, 3.05) is 13.1 Å². The Morgan fingerprint density at radius 2 is 2.11 bits per heavy atom. The number of carbonyl (C=O) groups is 1. The molecule has 150 valence electrons. The maximum atomic E-state index is 11.1. The summed E-state index contributed by atoms with van der Waals surface area (Å²) in [6.07, 6.45) is 8.41. The van der Waals surface area contributed by atoms with Crippen molar-refractivity contribution in [3.05, 3.63) is 58.4 Å². The first kappa shape index (κ1) is 20.3. The van der Waals surface area contributed by atoms with Crippen LogP contribution in [0.4, 0.5) is 0 Å². The third-order valence-electron chi connectivity index (χ3n) is 5.60. The van der Waals surface area contributed by atoms with Crippen molar-refractivity contribution >= 4 is 12.0 Å². The second-order valence-electron chi connectivity index (χ2n) is 7.25. The van der Waals surface area contributed by atoms with E-state index in [4.69, 9.17) is 5.21 Å². The van der Waals surface area contributed by atoms with Crippen LogP contribution in [0.1, 0.15) is 60.8 Å². The highest BCUT2D eigenvalue weighted by atomic mass is 16.5. The lowest BCUT2D eigenvalue weighted by Gasteiger charge is -2.25. The number of likely N-dealkylation sites (tertiary alicyclic amines) is 1. The first-order valence-corrected chi connectivity index (χ1v) is 10.2. The number of nitrogens with zero attached hydrogens (tertiary/aromatic N) is 2. The van der Waals surface area contributed by atoms with Crippen molar-refractivity contribution in [1.82, 2.24) is 20.6 Å². The third kappa shape index (κ3) is 4.69. The van der Waals surface area contributed by atoms with Crippen LogP contribution in [0.25, 0.3) is 6.08 Å². The molecule has 6 heteroatoms. The largest absolute Gasteiger partial charge is 0.296 e. The van der Waals surface area contributed by atoms with Gasteiger partial charge in [-0.3, -0.25) is 20.0 Å². The standard InChI is InChI=1S/C22H30N4O2/c1-3-19-18(20(4-2)24-23-19)13-15-26-14-5-6-21(26)17-10-7-16(8-11-17)9-12-22(27)25-28/h7-12,21,28H,3-6,13-15H2,1-2H3,(H,23,24)(H,25,27)/t21-/m0/s1. The molecule has 1 aliphatic heterocycles. The zero-order valence-corrected chi connectivity index (χ0v) is 16.7. The Labute approximate surface area is 166 Å². The van der Waals surface area contributed by atoms with Crippen LogP contribution in [0.3, 0.4) is 0 Å². The van der Waals surface area contributed by atoms with Gasteiger partial charge in [0.05, 0.1) is 5.69 Å². The molecule has 3 N–H and O–H groups in total. The normalized spacial score (nSPS) is 17.5. The molecule has 0 spiro atoms. The van der Waals surface area contributed by atoms with E-state index >= 15 is 0 Å². The topological polar surface area (TPSA) is 81.2 Å². The number of aryl methyl sites for hydroxylation is 2. The molecule has 2 aromatic rings. The van der Waals surface area contributed by atoms with Crippen molar-refractivity contribution in [2.45, 2.75) is 52.0 Å². The first-order valence-electron chi connectivity index (χ1n) is 10.2. The molecule has 0 unspecified atom stereocenters. The molecule has 28 heavy (non-hydrogen) atoms. The van der Waals surface area contributed by atoms with E-state index in [1.54, 1.807) is 11.6 Å². The fourth-order valence-electron chi connectivity index (χ4n) is 4.09. The van der Waals surface area contributed by atoms with Crippen molar-refractivity contribution in [3.8, 4) is 0 Å². The van der Waals surface area contributed by atoms with Gasteiger partial charge in [0.1, 0.15) is 0 Å². The molecule has 2 heterocycles. The van der Waals surface area contributed by atoms with Gasteiger partial charge in [0.15, 0.2) is 0 Å². The molecular formula is C22H30N4O2. The molecule has 1 aromatic carbocycles. The summed E-state index contributed by atoms with van der Waals surface area (Å²) >= 11 is 0. The Morgan fingerprint density at radius 1 is 1.32 bits per heavy atom. The van der Waals surface area contributed by atoms with Gasteiger partial charge >= 0.3 is 0 Å². The molecule has 1 fully saturated rings. The highest BCUT2D eigenvalue weighted by molar-refractivity contribution is 5.90. The van der Waals surface area contributed by atoms with Gasteiger partial charge in [-0.2, -0.15) is 5.10 Å². The van der Waals surface area contributed by atoms with Gasteiger partial charge in [-0.15, -0.1) is 0 Å². The summed E-state index contributed by atoms with van der Waals surface area (Å²) in [4.78, 5) is 13.7. The van der Waals surface area contributed by atoms with Crippen LogP contribution in [-0.2, 0) is 24.1 Å². The minimum absolute atomic E-state index is 0.445. The van der Waals surface area contributed by atoms with E-state index in [1.165, 1.54) is 41.4 Å². The van der Waals surface area contributed by atoms with Gasteiger partial charge in [0.2, 0.25) is 0 Å². The molecule has 0 aliphatic carbocycles. The number of H-pyrrole nitrogens is 1. The van der Waals surface area contributed by atoms with Gasteiger partial charge in [0, 0.05) is 24.4 Å². The van der Waals surface area contributed by atoms with E-state index in [1.807, 2.05) is 12.1 Å². The van der Waals surface area contributed by atoms with Crippen LogP contribution in [0.15, 0.2) is 30.3 Å². The van der Waals surface area contributed by atoms with E-state index in [0.717, 1.165) is 37.9 Å².